The maximum atomic E-state index is 5.72. The summed E-state index contributed by atoms with van der Waals surface area (Å²) in [5, 5.41) is 0. The Hall–Kier alpha value is -1.02. The van der Waals surface area contributed by atoms with E-state index in [1.165, 1.54) is 37.9 Å². The molecule has 0 amide bonds. The van der Waals surface area contributed by atoms with Crippen molar-refractivity contribution in [1.82, 2.24) is 4.90 Å². The number of rotatable bonds is 3. The highest BCUT2D eigenvalue weighted by atomic mass is 15.2. The van der Waals surface area contributed by atoms with Crippen molar-refractivity contribution in [2.45, 2.75) is 38.1 Å². The van der Waals surface area contributed by atoms with Gasteiger partial charge in [0.05, 0.1) is 0 Å². The molecule has 0 bridgehead atoms. The summed E-state index contributed by atoms with van der Waals surface area (Å²) in [6.45, 7) is 4.98. The standard InChI is InChI=1S/C15H22N2/c1-11-3-2-8-17(11)10-13-9-15(13)12-4-6-14(16)7-5-12/h4-7,11,13,15H,2-3,8-10,16H2,1H3/t11-,13?,15?/m0/s1. The van der Waals surface area contributed by atoms with Gasteiger partial charge in [0.2, 0.25) is 0 Å². The van der Waals surface area contributed by atoms with Crippen LogP contribution < -0.4 is 5.73 Å². The number of hydrogen-bond donors (Lipinski definition) is 1. The van der Waals surface area contributed by atoms with Gasteiger partial charge in [-0.2, -0.15) is 0 Å². The van der Waals surface area contributed by atoms with E-state index in [9.17, 15) is 0 Å². The zero-order chi connectivity index (χ0) is 11.8. The van der Waals surface area contributed by atoms with Crippen molar-refractivity contribution in [3.05, 3.63) is 29.8 Å². The van der Waals surface area contributed by atoms with E-state index in [4.69, 9.17) is 5.73 Å². The molecule has 1 heterocycles. The van der Waals surface area contributed by atoms with Crippen LogP contribution in [0.3, 0.4) is 0 Å². The fourth-order valence-electron chi connectivity index (χ4n) is 3.17. The first-order valence-corrected chi connectivity index (χ1v) is 6.83. The van der Waals surface area contributed by atoms with Gasteiger partial charge in [0, 0.05) is 18.3 Å². The smallest absolute Gasteiger partial charge is 0.0314 e. The van der Waals surface area contributed by atoms with Crippen LogP contribution in [0.1, 0.15) is 37.7 Å². The summed E-state index contributed by atoms with van der Waals surface area (Å²) in [5.74, 6) is 1.68. The first-order chi connectivity index (χ1) is 8.24. The first-order valence-electron chi connectivity index (χ1n) is 6.83. The summed E-state index contributed by atoms with van der Waals surface area (Å²) in [6.07, 6.45) is 4.15. The molecule has 2 N–H and O–H groups in total. The van der Waals surface area contributed by atoms with Gasteiger partial charge in [-0.25, -0.2) is 0 Å². The topological polar surface area (TPSA) is 29.3 Å². The minimum atomic E-state index is 0.795. The van der Waals surface area contributed by atoms with Gasteiger partial charge in [0.15, 0.2) is 0 Å². The van der Waals surface area contributed by atoms with Crippen molar-refractivity contribution in [2.24, 2.45) is 5.92 Å². The summed E-state index contributed by atoms with van der Waals surface area (Å²) in [5.41, 5.74) is 8.08. The number of anilines is 1. The maximum Gasteiger partial charge on any atom is 0.0314 e. The Labute approximate surface area is 104 Å². The quantitative estimate of drug-likeness (QED) is 0.809. The van der Waals surface area contributed by atoms with Crippen LogP contribution in [-0.2, 0) is 0 Å². The second-order valence-electron chi connectivity index (χ2n) is 5.76. The lowest BCUT2D eigenvalue weighted by Crippen LogP contribution is -2.29. The van der Waals surface area contributed by atoms with Crippen molar-refractivity contribution in [3.8, 4) is 0 Å². The molecular weight excluding hydrogens is 208 g/mol. The monoisotopic (exact) mass is 230 g/mol. The lowest BCUT2D eigenvalue weighted by molar-refractivity contribution is 0.256. The Bertz CT molecular complexity index is 384. The van der Waals surface area contributed by atoms with Crippen molar-refractivity contribution in [1.29, 1.82) is 0 Å². The van der Waals surface area contributed by atoms with Crippen LogP contribution in [0.25, 0.3) is 0 Å². The first kappa shape index (κ1) is 11.1. The molecule has 3 atom stereocenters. The third-order valence-electron chi connectivity index (χ3n) is 4.45. The number of nitrogen functional groups attached to an aromatic ring is 1. The van der Waals surface area contributed by atoms with E-state index in [1.54, 1.807) is 0 Å². The largest absolute Gasteiger partial charge is 0.399 e. The van der Waals surface area contributed by atoms with Crippen molar-refractivity contribution >= 4 is 5.69 Å². The van der Waals surface area contributed by atoms with Crippen LogP contribution in [0, 0.1) is 5.92 Å². The lowest BCUT2D eigenvalue weighted by Gasteiger charge is -2.20. The number of likely N-dealkylation sites (tertiary alicyclic amines) is 1. The fourth-order valence-corrected chi connectivity index (χ4v) is 3.17. The van der Waals surface area contributed by atoms with Gasteiger partial charge >= 0.3 is 0 Å². The molecular formula is C15H22N2. The van der Waals surface area contributed by atoms with Crippen molar-refractivity contribution in [3.63, 3.8) is 0 Å². The third-order valence-corrected chi connectivity index (χ3v) is 4.45. The minimum Gasteiger partial charge on any atom is -0.399 e. The van der Waals surface area contributed by atoms with Gasteiger partial charge in [-0.15, -0.1) is 0 Å². The van der Waals surface area contributed by atoms with Gasteiger partial charge in [0.1, 0.15) is 0 Å². The highest BCUT2D eigenvalue weighted by Crippen LogP contribution is 2.48. The molecule has 0 aromatic heterocycles. The molecule has 92 valence electrons. The average Bonchev–Trinajstić information content (AvgIpc) is 2.97. The Morgan fingerprint density at radius 1 is 1.29 bits per heavy atom. The molecule has 2 unspecified atom stereocenters. The molecule has 2 nitrogen and oxygen atoms in total. The molecule has 1 saturated heterocycles. The normalized spacial score (nSPS) is 32.9. The molecule has 2 aliphatic rings. The average molecular weight is 230 g/mol. The van der Waals surface area contributed by atoms with Crippen LogP contribution in [0.2, 0.25) is 0 Å². The highest BCUT2D eigenvalue weighted by molar-refractivity contribution is 5.41. The highest BCUT2D eigenvalue weighted by Gasteiger charge is 2.40. The van der Waals surface area contributed by atoms with E-state index in [2.05, 4.69) is 24.0 Å². The zero-order valence-electron chi connectivity index (χ0n) is 10.6. The Morgan fingerprint density at radius 3 is 2.71 bits per heavy atom. The molecule has 1 aromatic carbocycles. The van der Waals surface area contributed by atoms with E-state index in [-0.39, 0.29) is 0 Å². The Balaban J connectivity index is 1.57. The molecule has 2 heteroatoms. The Kier molecular flexibility index (Phi) is 2.83. The zero-order valence-corrected chi connectivity index (χ0v) is 10.6. The van der Waals surface area contributed by atoms with E-state index in [0.717, 1.165) is 23.6 Å². The number of nitrogens with zero attached hydrogens (tertiary/aromatic N) is 1. The minimum absolute atomic E-state index is 0.795. The molecule has 1 aromatic rings. The summed E-state index contributed by atoms with van der Waals surface area (Å²) < 4.78 is 0. The molecule has 1 aliphatic carbocycles. The van der Waals surface area contributed by atoms with Gasteiger partial charge in [-0.1, -0.05) is 12.1 Å². The van der Waals surface area contributed by atoms with Gasteiger partial charge in [-0.05, 0) is 62.3 Å². The van der Waals surface area contributed by atoms with E-state index < -0.39 is 0 Å². The molecule has 1 aliphatic heterocycles. The molecule has 1 saturated carbocycles. The summed E-state index contributed by atoms with van der Waals surface area (Å²) in [6, 6.07) is 9.27. The van der Waals surface area contributed by atoms with Gasteiger partial charge < -0.3 is 10.6 Å². The van der Waals surface area contributed by atoms with Crippen molar-refractivity contribution < 1.29 is 0 Å². The second-order valence-corrected chi connectivity index (χ2v) is 5.76. The SMILES string of the molecule is C[C@H]1CCCN1CC1CC1c1ccc(N)cc1. The van der Waals surface area contributed by atoms with Crippen LogP contribution in [0.15, 0.2) is 24.3 Å². The summed E-state index contributed by atoms with van der Waals surface area (Å²) in [7, 11) is 0. The van der Waals surface area contributed by atoms with Crippen LogP contribution in [-0.4, -0.2) is 24.0 Å². The maximum absolute atomic E-state index is 5.72. The molecule has 0 spiro atoms. The summed E-state index contributed by atoms with van der Waals surface area (Å²) in [4.78, 5) is 2.67. The van der Waals surface area contributed by atoms with Crippen LogP contribution in [0.5, 0.6) is 0 Å². The molecule has 17 heavy (non-hydrogen) atoms. The van der Waals surface area contributed by atoms with Gasteiger partial charge in [0.25, 0.3) is 0 Å². The molecule has 2 fully saturated rings. The number of hydrogen-bond acceptors (Lipinski definition) is 2. The van der Waals surface area contributed by atoms with E-state index in [1.807, 2.05) is 12.1 Å². The van der Waals surface area contributed by atoms with Gasteiger partial charge in [-0.3, -0.25) is 0 Å². The fraction of sp³-hybridized carbons (Fsp3) is 0.600. The van der Waals surface area contributed by atoms with E-state index >= 15 is 0 Å². The predicted octanol–water partition coefficient (Wildman–Crippen LogP) is 2.86. The number of nitrogens with two attached hydrogens (primary N) is 1. The molecule has 0 radical (unpaired) electrons. The van der Waals surface area contributed by atoms with Crippen LogP contribution in [0.4, 0.5) is 5.69 Å². The lowest BCUT2D eigenvalue weighted by atomic mass is 10.1. The summed E-state index contributed by atoms with van der Waals surface area (Å²) >= 11 is 0. The third kappa shape index (κ3) is 2.32. The van der Waals surface area contributed by atoms with Crippen molar-refractivity contribution in [2.75, 3.05) is 18.8 Å². The van der Waals surface area contributed by atoms with Crippen LogP contribution >= 0.6 is 0 Å². The number of benzene rings is 1. The molecule has 3 rings (SSSR count). The van der Waals surface area contributed by atoms with E-state index in [0.29, 0.717) is 0 Å². The predicted molar refractivity (Wildman–Crippen MR) is 72.0 cm³/mol. The Morgan fingerprint density at radius 2 is 2.06 bits per heavy atom. The second kappa shape index (κ2) is 4.34.